The van der Waals surface area contributed by atoms with Gasteiger partial charge < -0.3 is 0 Å². The summed E-state index contributed by atoms with van der Waals surface area (Å²) in [7, 11) is 0. The molecule has 3 rings (SSSR count). The Kier molecular flexibility index (Phi) is 4.32. The summed E-state index contributed by atoms with van der Waals surface area (Å²) in [5, 5.41) is 1.04. The van der Waals surface area contributed by atoms with E-state index in [1.807, 2.05) is 0 Å². The first-order chi connectivity index (χ1) is 10.6. The van der Waals surface area contributed by atoms with Crippen LogP contribution in [0.1, 0.15) is 21.6 Å². The molecule has 112 valence electrons. The van der Waals surface area contributed by atoms with E-state index in [1.54, 1.807) is 11.3 Å². The van der Waals surface area contributed by atoms with Crippen molar-refractivity contribution in [1.82, 2.24) is 4.98 Å². The summed E-state index contributed by atoms with van der Waals surface area (Å²) in [6, 6.07) is 14.8. The molecule has 0 aliphatic rings. The fourth-order valence-electron chi connectivity index (χ4n) is 2.48. The van der Waals surface area contributed by atoms with Crippen LogP contribution >= 0.6 is 22.9 Å². The molecule has 1 nitrogen and oxygen atoms in total. The second-order valence-corrected chi connectivity index (χ2v) is 6.89. The molecule has 0 radical (unpaired) electrons. The van der Waals surface area contributed by atoms with Gasteiger partial charge in [-0.3, -0.25) is 0 Å². The van der Waals surface area contributed by atoms with E-state index in [2.05, 4.69) is 63.2 Å². The third kappa shape index (κ3) is 2.81. The minimum Gasteiger partial charge on any atom is -0.236 e. The minimum atomic E-state index is 0.492. The molecule has 1 aromatic heterocycles. The lowest BCUT2D eigenvalue weighted by atomic mass is 10.0. The fourth-order valence-corrected chi connectivity index (χ4v) is 3.80. The van der Waals surface area contributed by atoms with Gasteiger partial charge >= 0.3 is 0 Å². The van der Waals surface area contributed by atoms with Crippen LogP contribution in [0.4, 0.5) is 0 Å². The van der Waals surface area contributed by atoms with Crippen molar-refractivity contribution in [1.29, 1.82) is 0 Å². The van der Waals surface area contributed by atoms with E-state index >= 15 is 0 Å². The molecule has 0 aliphatic heterocycles. The van der Waals surface area contributed by atoms with Crippen LogP contribution in [0, 0.1) is 20.8 Å². The van der Waals surface area contributed by atoms with Gasteiger partial charge in [0, 0.05) is 16.0 Å². The maximum Gasteiger partial charge on any atom is 0.124 e. The second-order valence-electron chi connectivity index (χ2n) is 5.54. The Morgan fingerprint density at radius 1 is 0.955 bits per heavy atom. The topological polar surface area (TPSA) is 12.9 Å². The van der Waals surface area contributed by atoms with E-state index < -0.39 is 0 Å². The summed E-state index contributed by atoms with van der Waals surface area (Å²) in [5.74, 6) is 0.492. The number of aromatic nitrogens is 1. The van der Waals surface area contributed by atoms with Crippen LogP contribution < -0.4 is 0 Å². The zero-order valence-corrected chi connectivity index (χ0v) is 14.6. The van der Waals surface area contributed by atoms with Crippen molar-refractivity contribution in [2.45, 2.75) is 26.7 Å². The van der Waals surface area contributed by atoms with Crippen molar-refractivity contribution in [3.8, 4) is 21.8 Å². The number of aryl methyl sites for hydroxylation is 3. The molecule has 3 heteroatoms. The van der Waals surface area contributed by atoms with Crippen molar-refractivity contribution in [2.24, 2.45) is 0 Å². The maximum absolute atomic E-state index is 6.16. The van der Waals surface area contributed by atoms with Crippen LogP contribution in [0.25, 0.3) is 21.8 Å². The Morgan fingerprint density at radius 2 is 1.73 bits per heavy atom. The van der Waals surface area contributed by atoms with Gasteiger partial charge in [0.05, 0.1) is 11.6 Å². The summed E-state index contributed by atoms with van der Waals surface area (Å²) >= 11 is 7.85. The van der Waals surface area contributed by atoms with Crippen molar-refractivity contribution in [3.05, 3.63) is 64.0 Å². The van der Waals surface area contributed by atoms with Gasteiger partial charge in [0.2, 0.25) is 0 Å². The Labute approximate surface area is 140 Å². The molecule has 0 aliphatic carbocycles. The van der Waals surface area contributed by atoms with E-state index in [9.17, 15) is 0 Å². The zero-order chi connectivity index (χ0) is 15.7. The first kappa shape index (κ1) is 15.3. The van der Waals surface area contributed by atoms with Gasteiger partial charge in [-0.2, -0.15) is 0 Å². The Morgan fingerprint density at radius 3 is 2.41 bits per heavy atom. The molecule has 22 heavy (non-hydrogen) atoms. The Bertz CT molecular complexity index is 820. The van der Waals surface area contributed by atoms with E-state index in [-0.39, 0.29) is 0 Å². The smallest absolute Gasteiger partial charge is 0.124 e. The summed E-state index contributed by atoms with van der Waals surface area (Å²) in [4.78, 5) is 6.02. The lowest BCUT2D eigenvalue weighted by Gasteiger charge is -2.04. The molecule has 0 saturated carbocycles. The molecule has 0 N–H and O–H groups in total. The minimum absolute atomic E-state index is 0.492. The zero-order valence-electron chi connectivity index (χ0n) is 13.0. The SMILES string of the molecule is Cc1ccc(-c2nc(-c3ccccc3C)sc2CCl)cc1C. The second kappa shape index (κ2) is 6.23. The standard InChI is InChI=1S/C19H18ClNS/c1-12-8-9-15(10-14(12)3)18-17(11-20)22-19(21-18)16-7-5-4-6-13(16)2/h4-10H,11H2,1-3H3. The average Bonchev–Trinajstić information content (AvgIpc) is 2.94. The van der Waals surface area contributed by atoms with Gasteiger partial charge in [0.15, 0.2) is 0 Å². The van der Waals surface area contributed by atoms with Gasteiger partial charge in [0.1, 0.15) is 5.01 Å². The molecule has 0 unspecified atom stereocenters. The van der Waals surface area contributed by atoms with Gasteiger partial charge in [-0.25, -0.2) is 4.98 Å². The highest BCUT2D eigenvalue weighted by Crippen LogP contribution is 2.36. The van der Waals surface area contributed by atoms with Crippen LogP contribution in [0.5, 0.6) is 0 Å². The van der Waals surface area contributed by atoms with Gasteiger partial charge in [0.25, 0.3) is 0 Å². The van der Waals surface area contributed by atoms with Crippen LogP contribution in [-0.2, 0) is 5.88 Å². The maximum atomic E-state index is 6.16. The van der Waals surface area contributed by atoms with Crippen molar-refractivity contribution in [2.75, 3.05) is 0 Å². The van der Waals surface area contributed by atoms with E-state index in [0.29, 0.717) is 5.88 Å². The normalized spacial score (nSPS) is 10.9. The molecule has 0 bridgehead atoms. The van der Waals surface area contributed by atoms with Crippen molar-refractivity contribution < 1.29 is 0 Å². The number of nitrogens with zero attached hydrogens (tertiary/aromatic N) is 1. The molecular formula is C19H18ClNS. The largest absolute Gasteiger partial charge is 0.236 e. The predicted octanol–water partition coefficient (Wildman–Crippen LogP) is 6.14. The number of benzene rings is 2. The molecule has 3 aromatic rings. The quantitative estimate of drug-likeness (QED) is 0.526. The fraction of sp³-hybridized carbons (Fsp3) is 0.211. The highest BCUT2D eigenvalue weighted by Gasteiger charge is 2.15. The van der Waals surface area contributed by atoms with Gasteiger partial charge in [-0.15, -0.1) is 22.9 Å². The van der Waals surface area contributed by atoms with E-state index in [0.717, 1.165) is 21.1 Å². The van der Waals surface area contributed by atoms with E-state index in [4.69, 9.17) is 16.6 Å². The molecule has 1 heterocycles. The number of rotatable bonds is 3. The molecule has 0 amide bonds. The highest BCUT2D eigenvalue weighted by molar-refractivity contribution is 7.15. The van der Waals surface area contributed by atoms with Crippen LogP contribution in [-0.4, -0.2) is 4.98 Å². The highest BCUT2D eigenvalue weighted by atomic mass is 35.5. The van der Waals surface area contributed by atoms with Gasteiger partial charge in [-0.1, -0.05) is 36.4 Å². The van der Waals surface area contributed by atoms with Crippen LogP contribution in [0.15, 0.2) is 42.5 Å². The predicted molar refractivity (Wildman–Crippen MR) is 96.8 cm³/mol. The molecule has 0 spiro atoms. The van der Waals surface area contributed by atoms with Crippen LogP contribution in [0.2, 0.25) is 0 Å². The lowest BCUT2D eigenvalue weighted by molar-refractivity contribution is 1.30. The third-order valence-electron chi connectivity index (χ3n) is 3.97. The monoisotopic (exact) mass is 327 g/mol. The number of hydrogen-bond donors (Lipinski definition) is 0. The Hall–Kier alpha value is -1.64. The van der Waals surface area contributed by atoms with Crippen LogP contribution in [0.3, 0.4) is 0 Å². The molecule has 0 saturated heterocycles. The summed E-state index contributed by atoms with van der Waals surface area (Å²) < 4.78 is 0. The van der Waals surface area contributed by atoms with Gasteiger partial charge in [-0.05, 0) is 43.5 Å². The molecule has 2 aromatic carbocycles. The summed E-state index contributed by atoms with van der Waals surface area (Å²) in [6.45, 7) is 6.38. The Balaban J connectivity index is 2.13. The van der Waals surface area contributed by atoms with Crippen molar-refractivity contribution in [3.63, 3.8) is 0 Å². The van der Waals surface area contributed by atoms with E-state index in [1.165, 1.54) is 22.3 Å². The number of thiazole rings is 1. The first-order valence-electron chi connectivity index (χ1n) is 7.29. The number of halogens is 1. The molecule has 0 fully saturated rings. The lowest BCUT2D eigenvalue weighted by Crippen LogP contribution is -1.87. The third-order valence-corrected chi connectivity index (χ3v) is 5.49. The average molecular weight is 328 g/mol. The summed E-state index contributed by atoms with van der Waals surface area (Å²) in [5.41, 5.74) is 7.17. The van der Waals surface area contributed by atoms with Crippen molar-refractivity contribution >= 4 is 22.9 Å². The number of alkyl halides is 1. The molecule has 0 atom stereocenters. The summed E-state index contributed by atoms with van der Waals surface area (Å²) in [6.07, 6.45) is 0. The first-order valence-corrected chi connectivity index (χ1v) is 8.64. The molecular weight excluding hydrogens is 310 g/mol. The number of hydrogen-bond acceptors (Lipinski definition) is 2.